The third kappa shape index (κ3) is 3.61. The molecule has 3 aliphatic rings. The van der Waals surface area contributed by atoms with Gasteiger partial charge in [-0.25, -0.2) is 0 Å². The van der Waals surface area contributed by atoms with Gasteiger partial charge < -0.3 is 36.8 Å². The van der Waals surface area contributed by atoms with E-state index in [1.54, 1.807) is 44.4 Å². The maximum absolute atomic E-state index is 14.1. The fraction of sp³-hybridized carbons (Fsp3) is 0.345. The molecule has 1 fully saturated rings. The molecule has 1 amide bonds. The van der Waals surface area contributed by atoms with Crippen molar-refractivity contribution in [2.45, 2.75) is 24.5 Å². The Morgan fingerprint density at radius 3 is 2.33 bits per heavy atom. The topological polar surface area (TPSA) is 191 Å². The molecule has 4 atom stereocenters. The number of likely N-dealkylation sites (N-methyl/N-ethyl adjacent to an activating group) is 1. The number of hydrogen-bond donors (Lipinski definition) is 6. The second-order valence-electron chi connectivity index (χ2n) is 11.1. The van der Waals surface area contributed by atoms with E-state index in [9.17, 15) is 34.8 Å². The molecule has 0 heterocycles. The van der Waals surface area contributed by atoms with E-state index >= 15 is 0 Å². The van der Waals surface area contributed by atoms with Crippen LogP contribution in [0.3, 0.4) is 0 Å². The van der Waals surface area contributed by atoms with Gasteiger partial charge in [-0.1, -0.05) is 12.1 Å². The number of anilines is 2. The summed E-state index contributed by atoms with van der Waals surface area (Å²) in [5.74, 6) is -6.83. The van der Waals surface area contributed by atoms with Gasteiger partial charge in [0.15, 0.2) is 11.4 Å². The first-order valence-corrected chi connectivity index (χ1v) is 12.8. The molecule has 11 heteroatoms. The Morgan fingerprint density at radius 1 is 1.07 bits per heavy atom. The minimum absolute atomic E-state index is 0.0242. The van der Waals surface area contributed by atoms with E-state index in [2.05, 4.69) is 0 Å². The number of aliphatic hydroxyl groups excluding tert-OH is 2. The summed E-state index contributed by atoms with van der Waals surface area (Å²) in [6.07, 6.45) is 0.225. The van der Waals surface area contributed by atoms with E-state index in [0.29, 0.717) is 28.1 Å². The Labute approximate surface area is 230 Å². The van der Waals surface area contributed by atoms with Crippen LogP contribution in [0.15, 0.2) is 47.2 Å². The number of phenols is 1. The number of carbonyl (C=O) groups is 3. The summed E-state index contributed by atoms with van der Waals surface area (Å²) in [6, 6.07) is 7.49. The molecule has 5 rings (SSSR count). The molecule has 8 N–H and O–H groups in total. The Balaban J connectivity index is 1.78. The summed E-state index contributed by atoms with van der Waals surface area (Å²) in [6.45, 7) is 0. The lowest BCUT2D eigenvalue weighted by Crippen LogP contribution is -2.65. The van der Waals surface area contributed by atoms with Crippen molar-refractivity contribution in [2.24, 2.45) is 17.6 Å². The minimum Gasteiger partial charge on any atom is -0.508 e. The summed E-state index contributed by atoms with van der Waals surface area (Å²) < 4.78 is 0. The third-order valence-corrected chi connectivity index (χ3v) is 8.38. The summed E-state index contributed by atoms with van der Waals surface area (Å²) >= 11 is 0. The first-order chi connectivity index (χ1) is 18.7. The lowest BCUT2D eigenvalue weighted by molar-refractivity contribution is -0.153. The summed E-state index contributed by atoms with van der Waals surface area (Å²) in [7, 11) is 6.75. The van der Waals surface area contributed by atoms with Gasteiger partial charge in [0, 0.05) is 42.5 Å². The van der Waals surface area contributed by atoms with Crippen molar-refractivity contribution in [1.82, 2.24) is 4.90 Å². The van der Waals surface area contributed by atoms with Crippen LogP contribution in [0, 0.1) is 11.8 Å². The average Bonchev–Trinajstić information content (AvgIpc) is 2.85. The second kappa shape index (κ2) is 9.10. The van der Waals surface area contributed by atoms with E-state index < -0.39 is 58.0 Å². The number of benzene rings is 2. The van der Waals surface area contributed by atoms with Crippen molar-refractivity contribution in [3.05, 3.63) is 58.4 Å². The number of fused-ring (bicyclic) bond motifs is 3. The largest absolute Gasteiger partial charge is 0.508 e. The number of nitrogens with zero attached hydrogens (tertiary/aromatic N) is 2. The van der Waals surface area contributed by atoms with Gasteiger partial charge in [-0.3, -0.25) is 19.3 Å². The van der Waals surface area contributed by atoms with Gasteiger partial charge in [-0.15, -0.1) is 0 Å². The molecule has 2 aromatic carbocycles. The van der Waals surface area contributed by atoms with Crippen LogP contribution in [0.2, 0.25) is 0 Å². The second-order valence-corrected chi connectivity index (χ2v) is 11.1. The van der Waals surface area contributed by atoms with E-state index in [1.165, 1.54) is 4.90 Å². The molecule has 0 spiro atoms. The first-order valence-electron chi connectivity index (χ1n) is 12.8. The predicted octanol–water partition coefficient (Wildman–Crippen LogP) is 1.28. The van der Waals surface area contributed by atoms with Crippen LogP contribution in [0.1, 0.15) is 17.5 Å². The number of primary amides is 1. The standard InChI is InChI=1S/C29H32N4O7/c1-32(2)18-11-15(12-6-5-7-14(30)8-12)23(34)20-16(18)9-13-10-17-22(33(3)4)25(36)21(28(31)39)27(38)29(17,40)26(37)19(13)24(20)35/h5-8,11,13,17,22,34-35,38,40H,9-10,30H2,1-4H3,(H2,31,39)/t13-,17-,22+,29-/m0/s1. The molecule has 210 valence electrons. The first kappa shape index (κ1) is 27.2. The summed E-state index contributed by atoms with van der Waals surface area (Å²) in [5, 5.41) is 45.8. The number of nitrogen functional groups attached to an aromatic ring is 1. The molecule has 2 aromatic rings. The van der Waals surface area contributed by atoms with Gasteiger partial charge in [0.2, 0.25) is 5.78 Å². The average molecular weight is 549 g/mol. The molecule has 3 aliphatic carbocycles. The molecule has 1 saturated carbocycles. The quantitative estimate of drug-likeness (QED) is 0.240. The number of Topliss-reactive ketones (excluding diaryl/α,β-unsaturated/α-hetero) is 2. The fourth-order valence-corrected chi connectivity index (χ4v) is 6.62. The molecular weight excluding hydrogens is 516 g/mol. The van der Waals surface area contributed by atoms with Gasteiger partial charge in [-0.05, 0) is 62.2 Å². The SMILES string of the molecule is CN(C)c1cc(-c2cccc(N)c2)c(O)c2c1C[C@H]1C[C@H]3[C@@H](N(C)C)C(=O)C(C(N)=O)=C(O)[C@@]3(O)C(=O)C1=C2O. The molecule has 0 radical (unpaired) electrons. The zero-order chi connectivity index (χ0) is 29.4. The molecule has 40 heavy (non-hydrogen) atoms. The number of aromatic hydroxyl groups is 1. The highest BCUT2D eigenvalue weighted by molar-refractivity contribution is 6.24. The van der Waals surface area contributed by atoms with E-state index in [4.69, 9.17) is 11.5 Å². The lowest BCUT2D eigenvalue weighted by atomic mass is 9.57. The molecule has 0 bridgehead atoms. The van der Waals surface area contributed by atoms with Crippen molar-refractivity contribution in [3.8, 4) is 16.9 Å². The van der Waals surface area contributed by atoms with Gasteiger partial charge in [0.25, 0.3) is 5.91 Å². The number of phenolic OH excluding ortho intramolecular Hbond substituents is 1. The minimum atomic E-state index is -2.68. The van der Waals surface area contributed by atoms with Crippen molar-refractivity contribution in [1.29, 1.82) is 0 Å². The number of hydrogen-bond acceptors (Lipinski definition) is 10. The predicted molar refractivity (Wildman–Crippen MR) is 148 cm³/mol. The van der Waals surface area contributed by atoms with Gasteiger partial charge >= 0.3 is 0 Å². The van der Waals surface area contributed by atoms with Crippen molar-refractivity contribution < 1.29 is 34.8 Å². The van der Waals surface area contributed by atoms with Crippen molar-refractivity contribution in [2.75, 3.05) is 38.8 Å². The highest BCUT2D eigenvalue weighted by Crippen LogP contribution is 2.54. The molecule has 0 aliphatic heterocycles. The molecule has 0 aromatic heterocycles. The monoisotopic (exact) mass is 548 g/mol. The van der Waals surface area contributed by atoms with Crippen molar-refractivity contribution >= 4 is 34.6 Å². The van der Waals surface area contributed by atoms with Crippen molar-refractivity contribution in [3.63, 3.8) is 0 Å². The Hall–Kier alpha value is -4.35. The van der Waals surface area contributed by atoms with Gasteiger partial charge in [-0.2, -0.15) is 0 Å². The van der Waals surface area contributed by atoms with Crippen LogP contribution in [-0.2, 0) is 20.8 Å². The maximum Gasteiger partial charge on any atom is 0.255 e. The summed E-state index contributed by atoms with van der Waals surface area (Å²) in [4.78, 5) is 42.8. The molecular formula is C29H32N4O7. The number of carbonyl (C=O) groups excluding carboxylic acids is 3. The summed E-state index contributed by atoms with van der Waals surface area (Å²) in [5.41, 5.74) is 10.3. The normalized spacial score (nSPS) is 26.0. The Kier molecular flexibility index (Phi) is 6.20. The number of amides is 1. The maximum atomic E-state index is 14.1. The van der Waals surface area contributed by atoms with Crippen LogP contribution in [0.25, 0.3) is 16.9 Å². The van der Waals surface area contributed by atoms with Gasteiger partial charge in [0.05, 0.1) is 11.6 Å². The smallest absolute Gasteiger partial charge is 0.255 e. The number of ketones is 2. The molecule has 11 nitrogen and oxygen atoms in total. The van der Waals surface area contributed by atoms with Crippen LogP contribution < -0.4 is 16.4 Å². The van der Waals surface area contributed by atoms with Crippen LogP contribution in [0.5, 0.6) is 5.75 Å². The van der Waals surface area contributed by atoms with E-state index in [-0.39, 0.29) is 29.7 Å². The number of rotatable bonds is 4. The lowest BCUT2D eigenvalue weighted by Gasteiger charge is -2.50. The van der Waals surface area contributed by atoms with Crippen LogP contribution in [-0.4, -0.2) is 82.6 Å². The number of aliphatic hydroxyl groups is 3. The fourth-order valence-electron chi connectivity index (χ4n) is 6.62. The Bertz CT molecular complexity index is 1560. The Morgan fingerprint density at radius 2 is 1.75 bits per heavy atom. The molecule has 0 saturated heterocycles. The third-order valence-electron chi connectivity index (χ3n) is 8.38. The van der Waals surface area contributed by atoms with Crippen LogP contribution in [0.4, 0.5) is 11.4 Å². The number of nitrogens with two attached hydrogens (primary N) is 2. The van der Waals surface area contributed by atoms with Gasteiger partial charge in [0.1, 0.15) is 22.8 Å². The van der Waals surface area contributed by atoms with E-state index in [1.807, 2.05) is 19.0 Å². The highest BCUT2D eigenvalue weighted by atomic mass is 16.3. The van der Waals surface area contributed by atoms with E-state index in [0.717, 1.165) is 0 Å². The highest BCUT2D eigenvalue weighted by Gasteiger charge is 2.64. The molecule has 0 unspecified atom stereocenters. The zero-order valence-electron chi connectivity index (χ0n) is 22.6. The zero-order valence-corrected chi connectivity index (χ0v) is 22.6. The van der Waals surface area contributed by atoms with Crippen LogP contribution >= 0.6 is 0 Å².